The molecule has 2 aromatic heterocycles. The summed E-state index contributed by atoms with van der Waals surface area (Å²) in [6.45, 7) is 0.652. The van der Waals surface area contributed by atoms with Gasteiger partial charge in [0, 0.05) is 0 Å². The molecule has 9 nitrogen and oxygen atoms in total. The van der Waals surface area contributed by atoms with E-state index in [1.54, 1.807) is 10.9 Å². The number of anilines is 1. The minimum atomic E-state index is -2.50. The summed E-state index contributed by atoms with van der Waals surface area (Å²) in [6, 6.07) is -1.06. The molecule has 100 valence electrons. The van der Waals surface area contributed by atoms with Gasteiger partial charge in [-0.2, -0.15) is 4.89 Å². The van der Waals surface area contributed by atoms with Crippen LogP contribution in [0, 0.1) is 0 Å². The first kappa shape index (κ1) is 12.4. The Morgan fingerprint density at radius 1 is 1.53 bits per heavy atom. The molecule has 10 heteroatoms. The highest BCUT2D eigenvalue weighted by molar-refractivity contribution is 7.38. The lowest BCUT2D eigenvalue weighted by molar-refractivity contribution is -0.00161. The Morgan fingerprint density at radius 2 is 2.37 bits per heavy atom. The van der Waals surface area contributed by atoms with Gasteiger partial charge in [-0.15, -0.1) is 0 Å². The molecule has 3 N–H and O–H groups in total. The van der Waals surface area contributed by atoms with Gasteiger partial charge in [0.1, 0.15) is 17.9 Å². The number of rotatable bonds is 3. The van der Waals surface area contributed by atoms with Crippen molar-refractivity contribution in [1.82, 2.24) is 19.5 Å². The molecular formula is C9H11N5O4P+. The monoisotopic (exact) mass is 284 g/mol. The van der Waals surface area contributed by atoms with Gasteiger partial charge in [0.15, 0.2) is 11.5 Å². The number of imidazole rings is 1. The smallest absolute Gasteiger partial charge is 0.382 e. The molecule has 3 atom stereocenters. The molecular weight excluding hydrogens is 273 g/mol. The molecule has 1 saturated heterocycles. The molecule has 3 rings (SSSR count). The van der Waals surface area contributed by atoms with Crippen LogP contribution in [0.1, 0.15) is 0 Å². The van der Waals surface area contributed by atoms with E-state index in [1.807, 2.05) is 0 Å². The van der Waals surface area contributed by atoms with Gasteiger partial charge in [-0.1, -0.05) is 0 Å². The van der Waals surface area contributed by atoms with E-state index in [2.05, 4.69) is 15.0 Å². The van der Waals surface area contributed by atoms with Crippen LogP contribution in [-0.4, -0.2) is 43.2 Å². The first-order valence-corrected chi connectivity index (χ1v) is 6.77. The van der Waals surface area contributed by atoms with E-state index in [9.17, 15) is 4.57 Å². The van der Waals surface area contributed by atoms with Crippen molar-refractivity contribution in [3.05, 3.63) is 12.7 Å². The second kappa shape index (κ2) is 4.78. The minimum Gasteiger partial charge on any atom is -0.382 e. The maximum absolute atomic E-state index is 10.8. The summed E-state index contributed by atoms with van der Waals surface area (Å²) < 4.78 is 23.0. The SMILES string of the molecule is Nc1ncnc2c1ncn2CC1COC([P+](=O)O)O1. The molecule has 0 aromatic carbocycles. The summed E-state index contributed by atoms with van der Waals surface area (Å²) in [5.74, 6) is 0.309. The van der Waals surface area contributed by atoms with Gasteiger partial charge in [0.2, 0.25) is 0 Å². The van der Waals surface area contributed by atoms with E-state index in [-0.39, 0.29) is 12.7 Å². The lowest BCUT2D eigenvalue weighted by Crippen LogP contribution is -2.18. The lowest BCUT2D eigenvalue weighted by atomic mass is 10.4. The fourth-order valence-electron chi connectivity index (χ4n) is 1.90. The number of nitrogen functional groups attached to an aromatic ring is 1. The van der Waals surface area contributed by atoms with Crippen LogP contribution in [0.3, 0.4) is 0 Å². The molecule has 0 radical (unpaired) electrons. The van der Waals surface area contributed by atoms with E-state index >= 15 is 0 Å². The Bertz CT molecular complexity index is 632. The Labute approximate surface area is 108 Å². The lowest BCUT2D eigenvalue weighted by Gasteiger charge is -2.08. The number of fused-ring (bicyclic) bond motifs is 1. The van der Waals surface area contributed by atoms with E-state index in [0.717, 1.165) is 0 Å². The first-order valence-electron chi connectivity index (χ1n) is 5.49. The summed E-state index contributed by atoms with van der Waals surface area (Å²) >= 11 is 0. The minimum absolute atomic E-state index is 0.243. The van der Waals surface area contributed by atoms with Crippen LogP contribution in [0.2, 0.25) is 0 Å². The number of nitrogens with two attached hydrogens (primary N) is 1. The van der Waals surface area contributed by atoms with Gasteiger partial charge in [0.25, 0.3) is 0 Å². The highest BCUT2D eigenvalue weighted by atomic mass is 31.1. The van der Waals surface area contributed by atoms with Crippen molar-refractivity contribution >= 4 is 25.0 Å². The molecule has 3 heterocycles. The van der Waals surface area contributed by atoms with E-state index < -0.39 is 14.1 Å². The van der Waals surface area contributed by atoms with Crippen molar-refractivity contribution < 1.29 is 18.9 Å². The van der Waals surface area contributed by atoms with E-state index in [1.165, 1.54) is 6.33 Å². The molecule has 0 saturated carbocycles. The Hall–Kier alpha value is -1.67. The van der Waals surface area contributed by atoms with Crippen LogP contribution in [0.25, 0.3) is 11.2 Å². The third-order valence-electron chi connectivity index (χ3n) is 2.74. The average molecular weight is 284 g/mol. The molecule has 2 aromatic rings. The number of hydrogen-bond donors (Lipinski definition) is 2. The van der Waals surface area contributed by atoms with Crippen LogP contribution >= 0.6 is 8.03 Å². The molecule has 0 aliphatic carbocycles. The normalized spacial score (nSPS) is 23.9. The van der Waals surface area contributed by atoms with Gasteiger partial charge in [-0.25, -0.2) is 15.0 Å². The Balaban J connectivity index is 1.79. The second-order valence-electron chi connectivity index (χ2n) is 4.03. The van der Waals surface area contributed by atoms with Gasteiger partial charge in [-0.3, -0.25) is 0 Å². The number of aromatic nitrogens is 4. The third-order valence-corrected chi connectivity index (χ3v) is 3.38. The topological polar surface area (TPSA) is 125 Å². The number of ether oxygens (including phenoxy) is 2. The van der Waals surface area contributed by atoms with E-state index in [0.29, 0.717) is 23.5 Å². The molecule has 1 aliphatic rings. The van der Waals surface area contributed by atoms with Crippen molar-refractivity contribution in [1.29, 1.82) is 0 Å². The zero-order valence-electron chi connectivity index (χ0n) is 9.71. The summed E-state index contributed by atoms with van der Waals surface area (Å²) in [6.07, 6.45) is 2.60. The second-order valence-corrected chi connectivity index (χ2v) is 5.06. The standard InChI is InChI=1S/C9H10N5O4P/c10-7-6-8(12-3-11-7)14(4-13-6)1-5-2-17-9(18-5)19(15)16/h3-5,9H,1-2H2,(H2-,10,11,12,15,16)/p+1. The Morgan fingerprint density at radius 3 is 3.11 bits per heavy atom. The predicted molar refractivity (Wildman–Crippen MR) is 64.2 cm³/mol. The van der Waals surface area contributed by atoms with Crippen LogP contribution in [0.4, 0.5) is 5.82 Å². The number of hydrogen-bond acceptors (Lipinski definition) is 7. The number of nitrogens with zero attached hydrogens (tertiary/aromatic N) is 4. The van der Waals surface area contributed by atoms with Gasteiger partial charge >= 0.3 is 14.1 Å². The third kappa shape index (κ3) is 2.28. The summed E-state index contributed by atoms with van der Waals surface area (Å²) in [7, 11) is -2.50. The molecule has 1 fully saturated rings. The van der Waals surface area contributed by atoms with Crippen LogP contribution in [-0.2, 0) is 20.6 Å². The van der Waals surface area contributed by atoms with Crippen LogP contribution in [0.15, 0.2) is 12.7 Å². The van der Waals surface area contributed by atoms with Crippen LogP contribution in [0.5, 0.6) is 0 Å². The molecule has 0 bridgehead atoms. The predicted octanol–water partition coefficient (Wildman–Crippen LogP) is -0.158. The average Bonchev–Trinajstić information content (AvgIpc) is 2.98. The fraction of sp³-hybridized carbons (Fsp3) is 0.444. The van der Waals surface area contributed by atoms with Gasteiger partial charge in [-0.05, 0) is 4.57 Å². The Kier molecular flexibility index (Phi) is 3.11. The molecule has 0 spiro atoms. The van der Waals surface area contributed by atoms with Crippen molar-refractivity contribution in [3.63, 3.8) is 0 Å². The van der Waals surface area contributed by atoms with E-state index in [4.69, 9.17) is 20.1 Å². The van der Waals surface area contributed by atoms with Crippen molar-refractivity contribution in [2.24, 2.45) is 0 Å². The van der Waals surface area contributed by atoms with Gasteiger partial charge < -0.3 is 19.8 Å². The zero-order chi connectivity index (χ0) is 13.4. The highest BCUT2D eigenvalue weighted by Gasteiger charge is 2.40. The van der Waals surface area contributed by atoms with Crippen LogP contribution < -0.4 is 5.73 Å². The maximum Gasteiger partial charge on any atom is 0.569 e. The summed E-state index contributed by atoms with van der Waals surface area (Å²) in [5.41, 5.74) is 6.80. The molecule has 1 aliphatic heterocycles. The van der Waals surface area contributed by atoms with Crippen molar-refractivity contribution in [2.75, 3.05) is 12.3 Å². The maximum atomic E-state index is 10.8. The van der Waals surface area contributed by atoms with Gasteiger partial charge in [0.05, 0.1) is 19.5 Å². The summed E-state index contributed by atoms with van der Waals surface area (Å²) in [4.78, 5) is 21.0. The molecule has 19 heavy (non-hydrogen) atoms. The fourth-order valence-corrected chi connectivity index (χ4v) is 2.39. The molecule has 0 amide bonds. The largest absolute Gasteiger partial charge is 0.569 e. The zero-order valence-corrected chi connectivity index (χ0v) is 10.6. The van der Waals surface area contributed by atoms with Crippen molar-refractivity contribution in [3.8, 4) is 0 Å². The van der Waals surface area contributed by atoms with Crippen molar-refractivity contribution in [2.45, 2.75) is 18.7 Å². The highest BCUT2D eigenvalue weighted by Crippen LogP contribution is 2.31. The molecule has 3 unspecified atom stereocenters. The quantitative estimate of drug-likeness (QED) is 0.745. The first-order chi connectivity index (χ1) is 9.15. The summed E-state index contributed by atoms with van der Waals surface area (Å²) in [5, 5.41) is 0.